The van der Waals surface area contributed by atoms with E-state index < -0.39 is 0 Å². The van der Waals surface area contributed by atoms with Crippen molar-refractivity contribution in [1.29, 1.82) is 0 Å². The van der Waals surface area contributed by atoms with E-state index in [1.807, 2.05) is 24.4 Å². The third kappa shape index (κ3) is 2.21. The molecule has 0 bridgehead atoms. The Morgan fingerprint density at radius 2 is 2.06 bits per heavy atom. The Morgan fingerprint density at radius 1 is 1.25 bits per heavy atom. The topological polar surface area (TPSA) is 43.8 Å². The van der Waals surface area contributed by atoms with E-state index in [2.05, 4.69) is 5.10 Å². The summed E-state index contributed by atoms with van der Waals surface area (Å²) in [4.78, 5) is 0. The predicted octanol–water partition coefficient (Wildman–Crippen LogP) is 2.82. The highest BCUT2D eigenvalue weighted by Gasteiger charge is 2.09. The van der Waals surface area contributed by atoms with Gasteiger partial charge in [-0.05, 0) is 12.1 Å². The molecule has 84 valence electrons. The summed E-state index contributed by atoms with van der Waals surface area (Å²) in [6.45, 7) is 1.25. The smallest absolute Gasteiger partial charge is 0.0938 e. The maximum atomic E-state index is 6.11. The van der Waals surface area contributed by atoms with Crippen molar-refractivity contribution < 1.29 is 0 Å². The highest BCUT2D eigenvalue weighted by molar-refractivity contribution is 6.43. The number of aromatic nitrogens is 2. The van der Waals surface area contributed by atoms with Crippen LogP contribution in [0.2, 0.25) is 10.0 Å². The molecule has 1 heterocycles. The van der Waals surface area contributed by atoms with Crippen LogP contribution in [0.4, 0.5) is 0 Å². The van der Waals surface area contributed by atoms with Gasteiger partial charge < -0.3 is 5.73 Å². The lowest BCUT2D eigenvalue weighted by Gasteiger charge is -2.02. The van der Waals surface area contributed by atoms with Crippen LogP contribution >= 0.6 is 23.2 Å². The van der Waals surface area contributed by atoms with E-state index >= 15 is 0 Å². The zero-order valence-electron chi connectivity index (χ0n) is 8.53. The van der Waals surface area contributed by atoms with Crippen LogP contribution in [-0.4, -0.2) is 16.3 Å². The first-order valence-electron chi connectivity index (χ1n) is 4.90. The summed E-state index contributed by atoms with van der Waals surface area (Å²) >= 11 is 12.1. The van der Waals surface area contributed by atoms with Crippen molar-refractivity contribution in [2.45, 2.75) is 6.54 Å². The summed E-state index contributed by atoms with van der Waals surface area (Å²) in [5, 5.41) is 5.43. The van der Waals surface area contributed by atoms with Gasteiger partial charge in [-0.1, -0.05) is 35.3 Å². The second kappa shape index (κ2) is 4.87. The molecule has 0 aliphatic rings. The number of hydrogen-bond donors (Lipinski definition) is 1. The quantitative estimate of drug-likeness (QED) is 0.917. The Labute approximate surface area is 104 Å². The van der Waals surface area contributed by atoms with Crippen molar-refractivity contribution in [3.05, 3.63) is 40.5 Å². The zero-order chi connectivity index (χ0) is 11.5. The molecule has 2 rings (SSSR count). The fourth-order valence-corrected chi connectivity index (χ4v) is 1.86. The number of rotatable bonds is 3. The van der Waals surface area contributed by atoms with Crippen molar-refractivity contribution in [2.24, 2.45) is 5.73 Å². The molecule has 0 spiro atoms. The molecule has 0 amide bonds. The Morgan fingerprint density at radius 3 is 2.81 bits per heavy atom. The molecule has 0 atom stereocenters. The summed E-state index contributed by atoms with van der Waals surface area (Å²) in [6, 6.07) is 7.40. The van der Waals surface area contributed by atoms with E-state index in [4.69, 9.17) is 28.9 Å². The van der Waals surface area contributed by atoms with Crippen LogP contribution in [0.3, 0.4) is 0 Å². The molecule has 0 radical (unpaired) electrons. The lowest BCUT2D eigenvalue weighted by Crippen LogP contribution is -2.10. The molecule has 0 fully saturated rings. The van der Waals surface area contributed by atoms with E-state index in [1.165, 1.54) is 0 Å². The molecular weight excluding hydrogens is 245 g/mol. The average Bonchev–Trinajstić information content (AvgIpc) is 2.71. The van der Waals surface area contributed by atoms with Crippen molar-refractivity contribution in [2.75, 3.05) is 6.54 Å². The van der Waals surface area contributed by atoms with Gasteiger partial charge in [-0.3, -0.25) is 4.68 Å². The largest absolute Gasteiger partial charge is 0.329 e. The number of nitrogens with zero attached hydrogens (tertiary/aromatic N) is 2. The molecular formula is C11H11Cl2N3. The molecule has 1 aromatic carbocycles. The molecule has 1 aromatic heterocycles. The minimum atomic E-state index is 0.530. The van der Waals surface area contributed by atoms with Gasteiger partial charge in [0.1, 0.15) is 0 Å². The van der Waals surface area contributed by atoms with E-state index in [9.17, 15) is 0 Å². The molecule has 0 aliphatic heterocycles. The summed E-state index contributed by atoms with van der Waals surface area (Å²) < 4.78 is 1.78. The second-order valence-electron chi connectivity index (χ2n) is 3.35. The zero-order valence-corrected chi connectivity index (χ0v) is 10.0. The van der Waals surface area contributed by atoms with Crippen molar-refractivity contribution in [3.63, 3.8) is 0 Å². The Bertz CT molecular complexity index is 494. The fourth-order valence-electron chi connectivity index (χ4n) is 1.46. The molecule has 16 heavy (non-hydrogen) atoms. The fraction of sp³-hybridized carbons (Fsp3) is 0.182. The third-order valence-electron chi connectivity index (χ3n) is 2.23. The maximum Gasteiger partial charge on any atom is 0.0938 e. The molecule has 0 saturated heterocycles. The predicted molar refractivity (Wildman–Crippen MR) is 66.7 cm³/mol. The van der Waals surface area contributed by atoms with Crippen molar-refractivity contribution in [1.82, 2.24) is 9.78 Å². The number of benzene rings is 1. The molecule has 0 unspecified atom stereocenters. The SMILES string of the molecule is NCCn1ccc(-c2cccc(Cl)c2Cl)n1. The van der Waals surface area contributed by atoms with E-state index in [0.717, 1.165) is 11.3 Å². The van der Waals surface area contributed by atoms with Crippen LogP contribution in [0, 0.1) is 0 Å². The lowest BCUT2D eigenvalue weighted by molar-refractivity contribution is 0.627. The summed E-state index contributed by atoms with van der Waals surface area (Å²) in [5.74, 6) is 0. The van der Waals surface area contributed by atoms with Crippen LogP contribution in [0.15, 0.2) is 30.5 Å². The summed E-state index contributed by atoms with van der Waals surface area (Å²) in [5.41, 5.74) is 7.10. The van der Waals surface area contributed by atoms with Gasteiger partial charge in [0.15, 0.2) is 0 Å². The monoisotopic (exact) mass is 255 g/mol. The molecule has 5 heteroatoms. The summed E-state index contributed by atoms with van der Waals surface area (Å²) in [6.07, 6.45) is 1.87. The lowest BCUT2D eigenvalue weighted by atomic mass is 10.1. The van der Waals surface area contributed by atoms with Gasteiger partial charge in [0.25, 0.3) is 0 Å². The van der Waals surface area contributed by atoms with E-state index in [1.54, 1.807) is 10.7 Å². The number of nitrogens with two attached hydrogens (primary N) is 1. The molecule has 2 aromatic rings. The minimum Gasteiger partial charge on any atom is -0.329 e. The normalized spacial score (nSPS) is 10.7. The molecule has 3 nitrogen and oxygen atoms in total. The van der Waals surface area contributed by atoms with E-state index in [-0.39, 0.29) is 0 Å². The van der Waals surface area contributed by atoms with Crippen molar-refractivity contribution >= 4 is 23.2 Å². The van der Waals surface area contributed by atoms with Crippen LogP contribution in [0.25, 0.3) is 11.3 Å². The van der Waals surface area contributed by atoms with Crippen LogP contribution in [0.1, 0.15) is 0 Å². The maximum absolute atomic E-state index is 6.11. The number of hydrogen-bond acceptors (Lipinski definition) is 2. The summed E-state index contributed by atoms with van der Waals surface area (Å²) in [7, 11) is 0. The molecule has 0 saturated carbocycles. The van der Waals surface area contributed by atoms with Gasteiger partial charge in [-0.15, -0.1) is 0 Å². The average molecular weight is 256 g/mol. The third-order valence-corrected chi connectivity index (χ3v) is 3.05. The first-order chi connectivity index (χ1) is 7.72. The van der Waals surface area contributed by atoms with Gasteiger partial charge in [-0.25, -0.2) is 0 Å². The van der Waals surface area contributed by atoms with Gasteiger partial charge >= 0.3 is 0 Å². The first kappa shape index (κ1) is 11.5. The van der Waals surface area contributed by atoms with Crippen LogP contribution < -0.4 is 5.73 Å². The van der Waals surface area contributed by atoms with Gasteiger partial charge in [0.2, 0.25) is 0 Å². The highest BCUT2D eigenvalue weighted by atomic mass is 35.5. The Kier molecular flexibility index (Phi) is 3.49. The van der Waals surface area contributed by atoms with Crippen LogP contribution in [0.5, 0.6) is 0 Å². The first-order valence-corrected chi connectivity index (χ1v) is 5.66. The molecule has 2 N–H and O–H groups in total. The Balaban J connectivity index is 2.39. The Hall–Kier alpha value is -1.03. The standard InChI is InChI=1S/C11H11Cl2N3/c12-9-3-1-2-8(11(9)13)10-4-6-16(15-10)7-5-14/h1-4,6H,5,7,14H2. The molecule has 0 aliphatic carbocycles. The highest BCUT2D eigenvalue weighted by Crippen LogP contribution is 2.32. The van der Waals surface area contributed by atoms with Gasteiger partial charge in [-0.2, -0.15) is 5.10 Å². The number of halogens is 2. The van der Waals surface area contributed by atoms with Crippen molar-refractivity contribution in [3.8, 4) is 11.3 Å². The van der Waals surface area contributed by atoms with Crippen LogP contribution in [-0.2, 0) is 6.54 Å². The van der Waals surface area contributed by atoms with Gasteiger partial charge in [0.05, 0.1) is 22.3 Å². The second-order valence-corrected chi connectivity index (χ2v) is 4.14. The van der Waals surface area contributed by atoms with E-state index in [0.29, 0.717) is 23.1 Å². The minimum absolute atomic E-state index is 0.530. The van der Waals surface area contributed by atoms with Gasteiger partial charge in [0, 0.05) is 18.3 Å².